The lowest BCUT2D eigenvalue weighted by molar-refractivity contribution is -0.137. The Morgan fingerprint density at radius 2 is 1.88 bits per heavy atom. The lowest BCUT2D eigenvalue weighted by Crippen LogP contribution is -2.15. The second-order valence-corrected chi connectivity index (χ2v) is 3.68. The maximum Gasteiger partial charge on any atom is 0.417 e. The number of carboxylic acids is 1. The van der Waals surface area contributed by atoms with E-state index in [0.717, 1.165) is 12.1 Å². The number of hydrogen-bond acceptors (Lipinski definition) is 2. The predicted octanol–water partition coefficient (Wildman–Crippen LogP) is 2.98. The maximum absolute atomic E-state index is 12.6. The minimum Gasteiger partial charge on any atom is -0.478 e. The molecule has 0 heterocycles. The first-order chi connectivity index (χ1) is 7.77. The molecule has 0 atom stereocenters. The molecular weight excluding hydrogens is 305 g/mol. The number of carbonyl (C=O) groups excluding carboxylic acids is 1. The molecule has 3 nitrogen and oxygen atoms in total. The molecule has 0 bridgehead atoms. The fourth-order valence-corrected chi connectivity index (χ4v) is 1.53. The molecule has 0 saturated carbocycles. The number of alkyl halides is 4. The van der Waals surface area contributed by atoms with Crippen molar-refractivity contribution in [3.05, 3.63) is 34.9 Å². The summed E-state index contributed by atoms with van der Waals surface area (Å²) in [5.74, 6) is -2.23. The van der Waals surface area contributed by atoms with E-state index in [-0.39, 0.29) is 5.33 Å². The molecule has 1 N–H and O–H groups in total. The van der Waals surface area contributed by atoms with E-state index in [0.29, 0.717) is 6.07 Å². The number of rotatable bonds is 3. The summed E-state index contributed by atoms with van der Waals surface area (Å²) >= 11 is 2.77. The van der Waals surface area contributed by atoms with Gasteiger partial charge in [0.05, 0.1) is 16.5 Å². The van der Waals surface area contributed by atoms with Gasteiger partial charge in [0.2, 0.25) is 0 Å². The Morgan fingerprint density at radius 1 is 1.29 bits per heavy atom. The lowest BCUT2D eigenvalue weighted by atomic mass is 10.0. The molecule has 0 unspecified atom stereocenters. The van der Waals surface area contributed by atoms with Crippen molar-refractivity contribution in [3.8, 4) is 0 Å². The summed E-state index contributed by atoms with van der Waals surface area (Å²) in [5.41, 5.74) is -2.29. The van der Waals surface area contributed by atoms with Crippen LogP contribution in [0.3, 0.4) is 0 Å². The van der Waals surface area contributed by atoms with Crippen LogP contribution in [0.2, 0.25) is 0 Å². The molecule has 0 fully saturated rings. The minimum atomic E-state index is -4.77. The zero-order valence-electron chi connectivity index (χ0n) is 8.21. The Labute approximate surface area is 102 Å². The maximum atomic E-state index is 12.6. The number of halogens is 4. The number of Topliss-reactive ketones (excluding diaryl/α,β-unsaturated/α-hetero) is 1. The van der Waals surface area contributed by atoms with Gasteiger partial charge in [0.25, 0.3) is 0 Å². The Kier molecular flexibility index (Phi) is 3.92. The zero-order valence-corrected chi connectivity index (χ0v) is 9.80. The van der Waals surface area contributed by atoms with Crippen LogP contribution in [0, 0.1) is 0 Å². The van der Waals surface area contributed by atoms with Crippen molar-refractivity contribution in [3.63, 3.8) is 0 Å². The third kappa shape index (κ3) is 3.06. The van der Waals surface area contributed by atoms with Crippen LogP contribution in [0.5, 0.6) is 0 Å². The highest BCUT2D eigenvalue weighted by Crippen LogP contribution is 2.33. The van der Waals surface area contributed by atoms with E-state index in [1.54, 1.807) is 0 Å². The smallest absolute Gasteiger partial charge is 0.417 e. The molecule has 1 aromatic rings. The Hall–Kier alpha value is -1.37. The molecule has 7 heteroatoms. The molecule has 0 spiro atoms. The summed E-state index contributed by atoms with van der Waals surface area (Å²) in [6.07, 6.45) is -4.77. The van der Waals surface area contributed by atoms with Crippen LogP contribution in [0.1, 0.15) is 26.3 Å². The molecule has 92 valence electrons. The molecule has 0 aliphatic heterocycles. The fourth-order valence-electron chi connectivity index (χ4n) is 1.23. The van der Waals surface area contributed by atoms with Crippen molar-refractivity contribution in [2.24, 2.45) is 0 Å². The quantitative estimate of drug-likeness (QED) is 0.690. The molecule has 1 rings (SSSR count). The number of carboxylic acid groups (broad SMARTS) is 1. The van der Waals surface area contributed by atoms with Gasteiger partial charge in [-0.05, 0) is 18.2 Å². The second-order valence-electron chi connectivity index (χ2n) is 3.12. The van der Waals surface area contributed by atoms with Gasteiger partial charge in [0, 0.05) is 5.56 Å². The van der Waals surface area contributed by atoms with E-state index in [9.17, 15) is 22.8 Å². The van der Waals surface area contributed by atoms with E-state index in [1.807, 2.05) is 0 Å². The van der Waals surface area contributed by atoms with Crippen molar-refractivity contribution in [1.29, 1.82) is 0 Å². The largest absolute Gasteiger partial charge is 0.478 e. The van der Waals surface area contributed by atoms with Gasteiger partial charge in [0.1, 0.15) is 0 Å². The van der Waals surface area contributed by atoms with Crippen LogP contribution in [-0.4, -0.2) is 22.2 Å². The average molecular weight is 311 g/mol. The zero-order chi connectivity index (χ0) is 13.2. The van der Waals surface area contributed by atoms with E-state index in [1.165, 1.54) is 0 Å². The third-order valence-corrected chi connectivity index (χ3v) is 2.50. The Bertz CT molecular complexity index is 468. The van der Waals surface area contributed by atoms with E-state index in [2.05, 4.69) is 15.9 Å². The van der Waals surface area contributed by atoms with Gasteiger partial charge < -0.3 is 5.11 Å². The van der Waals surface area contributed by atoms with Gasteiger partial charge in [-0.2, -0.15) is 13.2 Å². The summed E-state index contributed by atoms with van der Waals surface area (Å²) in [5, 5.41) is 8.34. The van der Waals surface area contributed by atoms with E-state index < -0.39 is 34.6 Å². The van der Waals surface area contributed by atoms with Crippen molar-refractivity contribution < 1.29 is 27.9 Å². The van der Waals surface area contributed by atoms with Crippen LogP contribution >= 0.6 is 15.9 Å². The van der Waals surface area contributed by atoms with Crippen molar-refractivity contribution in [1.82, 2.24) is 0 Å². The summed E-state index contributed by atoms with van der Waals surface area (Å²) in [7, 11) is 0. The SMILES string of the molecule is O=C(O)c1ccc(C(=O)CBr)c(C(F)(F)F)c1. The normalized spacial score (nSPS) is 11.3. The van der Waals surface area contributed by atoms with Crippen molar-refractivity contribution in [2.45, 2.75) is 6.18 Å². The average Bonchev–Trinajstić information content (AvgIpc) is 2.26. The number of carbonyl (C=O) groups is 2. The number of benzene rings is 1. The van der Waals surface area contributed by atoms with Gasteiger partial charge in [-0.3, -0.25) is 4.79 Å². The predicted molar refractivity (Wildman–Crippen MR) is 56.5 cm³/mol. The second kappa shape index (κ2) is 4.87. The first-order valence-electron chi connectivity index (χ1n) is 4.31. The van der Waals surface area contributed by atoms with E-state index in [4.69, 9.17) is 5.11 Å². The topological polar surface area (TPSA) is 54.4 Å². The molecule has 0 aliphatic carbocycles. The van der Waals surface area contributed by atoms with Crippen LogP contribution in [0.4, 0.5) is 13.2 Å². The number of hydrogen-bond donors (Lipinski definition) is 1. The van der Waals surface area contributed by atoms with Crippen LogP contribution in [0.25, 0.3) is 0 Å². The van der Waals surface area contributed by atoms with Gasteiger partial charge in [-0.15, -0.1) is 0 Å². The molecule has 0 aromatic heterocycles. The molecular formula is C10H6BrF3O3. The first kappa shape index (κ1) is 13.7. The summed E-state index contributed by atoms with van der Waals surface area (Å²) in [6, 6.07) is 2.29. The standard InChI is InChI=1S/C10H6BrF3O3/c11-4-8(15)6-2-1-5(9(16)17)3-7(6)10(12,13)14/h1-3H,4H2,(H,16,17). The molecule has 1 aromatic carbocycles. The monoisotopic (exact) mass is 310 g/mol. The van der Waals surface area contributed by atoms with E-state index >= 15 is 0 Å². The lowest BCUT2D eigenvalue weighted by Gasteiger charge is -2.12. The van der Waals surface area contributed by atoms with Crippen LogP contribution in [0.15, 0.2) is 18.2 Å². The Morgan fingerprint density at radius 3 is 2.29 bits per heavy atom. The molecule has 17 heavy (non-hydrogen) atoms. The fraction of sp³-hybridized carbons (Fsp3) is 0.200. The van der Waals surface area contributed by atoms with Gasteiger partial charge in [-0.25, -0.2) is 4.79 Å². The number of aromatic carboxylic acids is 1. The highest BCUT2D eigenvalue weighted by Gasteiger charge is 2.35. The third-order valence-electron chi connectivity index (χ3n) is 1.99. The summed E-state index contributed by atoms with van der Waals surface area (Å²) in [4.78, 5) is 21.8. The highest BCUT2D eigenvalue weighted by molar-refractivity contribution is 9.09. The van der Waals surface area contributed by atoms with Crippen LogP contribution in [-0.2, 0) is 6.18 Å². The number of ketones is 1. The van der Waals surface area contributed by atoms with Crippen LogP contribution < -0.4 is 0 Å². The Balaban J connectivity index is 3.42. The van der Waals surface area contributed by atoms with Crippen molar-refractivity contribution in [2.75, 3.05) is 5.33 Å². The highest BCUT2D eigenvalue weighted by atomic mass is 79.9. The van der Waals surface area contributed by atoms with Gasteiger partial charge in [0.15, 0.2) is 5.78 Å². The van der Waals surface area contributed by atoms with Crippen molar-refractivity contribution >= 4 is 27.7 Å². The molecule has 0 aliphatic rings. The first-order valence-corrected chi connectivity index (χ1v) is 5.43. The molecule has 0 amide bonds. The summed E-state index contributed by atoms with van der Waals surface area (Å²) < 4.78 is 37.9. The van der Waals surface area contributed by atoms with Gasteiger partial charge in [-0.1, -0.05) is 15.9 Å². The summed E-state index contributed by atoms with van der Waals surface area (Å²) in [6.45, 7) is 0. The minimum absolute atomic E-state index is 0.261. The molecule has 0 saturated heterocycles. The van der Waals surface area contributed by atoms with Gasteiger partial charge >= 0.3 is 12.1 Å². The molecule has 0 radical (unpaired) electrons.